The minimum absolute atomic E-state index is 0.0321. The molecule has 0 aliphatic heterocycles. The maximum absolute atomic E-state index is 13.6. The second-order valence-electron chi connectivity index (χ2n) is 7.02. The molecule has 0 aliphatic carbocycles. The smallest absolute Gasteiger partial charge is 0.417 e. The Kier molecular flexibility index (Phi) is 5.71. The first-order valence-corrected chi connectivity index (χ1v) is 9.67. The topological polar surface area (TPSA) is 87.0 Å². The molecule has 0 atom stereocenters. The van der Waals surface area contributed by atoms with E-state index in [2.05, 4.69) is 20.0 Å². The monoisotopic (exact) mass is 460 g/mol. The first-order valence-electron chi connectivity index (χ1n) is 9.67. The van der Waals surface area contributed by atoms with Crippen molar-refractivity contribution in [3.8, 4) is 11.5 Å². The molecule has 33 heavy (non-hydrogen) atoms. The van der Waals surface area contributed by atoms with Crippen LogP contribution in [0, 0.1) is 0 Å². The number of aromatic nitrogens is 3. The summed E-state index contributed by atoms with van der Waals surface area (Å²) in [6, 6.07) is 7.25. The summed E-state index contributed by atoms with van der Waals surface area (Å²) < 4.78 is 57.6. The van der Waals surface area contributed by atoms with Crippen molar-refractivity contribution in [2.24, 2.45) is 0 Å². The number of nitrogens with one attached hydrogen (secondary N) is 1. The van der Waals surface area contributed by atoms with Gasteiger partial charge in [-0.25, -0.2) is 14.8 Å². The Morgan fingerprint density at radius 2 is 1.88 bits per heavy atom. The van der Waals surface area contributed by atoms with Crippen molar-refractivity contribution in [3.63, 3.8) is 0 Å². The number of hydrogen-bond donors (Lipinski definition) is 1. The fourth-order valence-electron chi connectivity index (χ4n) is 3.52. The summed E-state index contributed by atoms with van der Waals surface area (Å²) in [6.45, 7) is 0.277. The molecular weight excluding hydrogens is 441 g/mol. The van der Waals surface area contributed by atoms with Crippen LogP contribution in [0.3, 0.4) is 0 Å². The van der Waals surface area contributed by atoms with Gasteiger partial charge in [0.15, 0.2) is 5.82 Å². The largest absolute Gasteiger partial charge is 0.497 e. The first-order chi connectivity index (χ1) is 15.8. The number of methoxy groups -OCH3 is 3. The average molecular weight is 460 g/mol. The molecule has 2 aromatic carbocycles. The molecule has 11 heteroatoms. The van der Waals surface area contributed by atoms with E-state index in [0.29, 0.717) is 22.8 Å². The number of carbonyl (C=O) groups excluding carboxylic acids is 1. The van der Waals surface area contributed by atoms with E-state index in [1.807, 2.05) is 6.07 Å². The zero-order valence-electron chi connectivity index (χ0n) is 17.9. The van der Waals surface area contributed by atoms with Crippen LogP contribution < -0.4 is 14.8 Å². The zero-order chi connectivity index (χ0) is 23.8. The minimum atomic E-state index is -4.77. The molecule has 0 bridgehead atoms. The van der Waals surface area contributed by atoms with Gasteiger partial charge in [0, 0.05) is 18.2 Å². The van der Waals surface area contributed by atoms with Crippen molar-refractivity contribution in [2.45, 2.75) is 12.7 Å². The number of nitrogens with zero attached hydrogens (tertiary/aromatic N) is 3. The van der Waals surface area contributed by atoms with Gasteiger partial charge in [-0.2, -0.15) is 13.2 Å². The zero-order valence-corrected chi connectivity index (χ0v) is 17.9. The molecule has 0 spiro atoms. The van der Waals surface area contributed by atoms with E-state index < -0.39 is 23.3 Å². The molecule has 0 amide bonds. The van der Waals surface area contributed by atoms with Crippen LogP contribution in [-0.4, -0.2) is 41.7 Å². The van der Waals surface area contributed by atoms with Gasteiger partial charge < -0.3 is 19.5 Å². The SMILES string of the molecule is COC(=O)c1cc2c(cc1C(F)(F)F)nc(NCc1ccc(OC)cc1OC)c1cncn12. The van der Waals surface area contributed by atoms with Crippen molar-refractivity contribution >= 4 is 28.3 Å². The number of rotatable bonds is 6. The van der Waals surface area contributed by atoms with Crippen LogP contribution in [0.1, 0.15) is 21.5 Å². The number of hydrogen-bond acceptors (Lipinski definition) is 7. The number of esters is 1. The van der Waals surface area contributed by atoms with Gasteiger partial charge in [0.25, 0.3) is 0 Å². The van der Waals surface area contributed by atoms with Crippen LogP contribution in [0.5, 0.6) is 11.5 Å². The number of alkyl halides is 3. The molecular formula is C22H19F3N4O4. The molecule has 4 aromatic rings. The van der Waals surface area contributed by atoms with Crippen LogP contribution in [0.15, 0.2) is 42.9 Å². The van der Waals surface area contributed by atoms with Crippen molar-refractivity contribution in [3.05, 3.63) is 59.5 Å². The molecule has 0 aliphatic rings. The molecule has 1 N–H and O–H groups in total. The van der Waals surface area contributed by atoms with E-state index in [0.717, 1.165) is 24.8 Å². The van der Waals surface area contributed by atoms with E-state index in [4.69, 9.17) is 9.47 Å². The van der Waals surface area contributed by atoms with Crippen molar-refractivity contribution in [1.29, 1.82) is 0 Å². The molecule has 172 valence electrons. The molecule has 0 saturated heterocycles. The number of carbonyl (C=O) groups is 1. The van der Waals surface area contributed by atoms with E-state index in [1.54, 1.807) is 23.6 Å². The molecule has 4 rings (SSSR count). The van der Waals surface area contributed by atoms with Crippen molar-refractivity contribution < 1.29 is 32.2 Å². The lowest BCUT2D eigenvalue weighted by molar-refractivity contribution is -0.138. The third kappa shape index (κ3) is 4.09. The summed E-state index contributed by atoms with van der Waals surface area (Å²) in [5.41, 5.74) is -0.108. The van der Waals surface area contributed by atoms with Crippen LogP contribution in [0.25, 0.3) is 16.6 Å². The summed E-state index contributed by atoms with van der Waals surface area (Å²) in [5, 5.41) is 3.14. The van der Waals surface area contributed by atoms with E-state index in [9.17, 15) is 18.0 Å². The van der Waals surface area contributed by atoms with Gasteiger partial charge in [0.1, 0.15) is 17.0 Å². The lowest BCUT2D eigenvalue weighted by Crippen LogP contribution is -2.15. The molecule has 8 nitrogen and oxygen atoms in total. The van der Waals surface area contributed by atoms with Gasteiger partial charge in [-0.1, -0.05) is 0 Å². The highest BCUT2D eigenvalue weighted by Gasteiger charge is 2.36. The van der Waals surface area contributed by atoms with Crippen molar-refractivity contribution in [2.75, 3.05) is 26.6 Å². The minimum Gasteiger partial charge on any atom is -0.497 e. The third-order valence-corrected chi connectivity index (χ3v) is 5.14. The second-order valence-corrected chi connectivity index (χ2v) is 7.02. The first kappa shape index (κ1) is 22.2. The fourth-order valence-corrected chi connectivity index (χ4v) is 3.52. The van der Waals surface area contributed by atoms with Gasteiger partial charge in [-0.3, -0.25) is 4.40 Å². The highest BCUT2D eigenvalue weighted by molar-refractivity contribution is 5.97. The van der Waals surface area contributed by atoms with Gasteiger partial charge in [0.2, 0.25) is 0 Å². The Balaban J connectivity index is 1.81. The Bertz CT molecular complexity index is 1350. The molecule has 2 heterocycles. The van der Waals surface area contributed by atoms with Crippen molar-refractivity contribution in [1.82, 2.24) is 14.4 Å². The van der Waals surface area contributed by atoms with Gasteiger partial charge in [0.05, 0.1) is 56.0 Å². The fraction of sp³-hybridized carbons (Fsp3) is 0.227. The Morgan fingerprint density at radius 3 is 2.55 bits per heavy atom. The number of fused-ring (bicyclic) bond motifs is 3. The van der Waals surface area contributed by atoms with Gasteiger partial charge in [-0.05, 0) is 24.3 Å². The number of halogens is 3. The predicted molar refractivity (Wildman–Crippen MR) is 114 cm³/mol. The molecule has 0 fully saturated rings. The lowest BCUT2D eigenvalue weighted by atomic mass is 10.1. The summed E-state index contributed by atoms with van der Waals surface area (Å²) in [7, 11) is 4.10. The highest BCUT2D eigenvalue weighted by atomic mass is 19.4. The predicted octanol–water partition coefficient (Wildman–Crippen LogP) is 4.32. The Labute approximate surface area is 185 Å². The van der Waals surface area contributed by atoms with Crippen LogP contribution in [0.4, 0.5) is 19.0 Å². The Hall–Kier alpha value is -4.02. The maximum Gasteiger partial charge on any atom is 0.417 e. The molecule has 2 aromatic heterocycles. The summed E-state index contributed by atoms with van der Waals surface area (Å²) in [5.74, 6) is 0.427. The normalized spacial score (nSPS) is 11.6. The summed E-state index contributed by atoms with van der Waals surface area (Å²) in [6.07, 6.45) is -1.81. The molecule has 0 radical (unpaired) electrons. The number of benzene rings is 2. The summed E-state index contributed by atoms with van der Waals surface area (Å²) >= 11 is 0. The Morgan fingerprint density at radius 1 is 1.09 bits per heavy atom. The highest BCUT2D eigenvalue weighted by Crippen LogP contribution is 2.36. The number of anilines is 1. The van der Waals surface area contributed by atoms with E-state index in [-0.39, 0.29) is 17.6 Å². The second kappa shape index (κ2) is 8.49. The van der Waals surface area contributed by atoms with Crippen LogP contribution in [0.2, 0.25) is 0 Å². The summed E-state index contributed by atoms with van der Waals surface area (Å²) in [4.78, 5) is 20.5. The maximum atomic E-state index is 13.6. The van der Waals surface area contributed by atoms with Crippen LogP contribution >= 0.6 is 0 Å². The quantitative estimate of drug-likeness (QED) is 0.429. The van der Waals surface area contributed by atoms with E-state index >= 15 is 0 Å². The van der Waals surface area contributed by atoms with Gasteiger partial charge >= 0.3 is 12.1 Å². The average Bonchev–Trinajstić information content (AvgIpc) is 3.31. The van der Waals surface area contributed by atoms with Crippen LogP contribution in [-0.2, 0) is 17.5 Å². The number of imidazole rings is 1. The van der Waals surface area contributed by atoms with E-state index in [1.165, 1.54) is 19.6 Å². The molecule has 0 saturated carbocycles. The standard InChI is InChI=1S/C22H19F3N4O4/c1-31-13-5-4-12(19(6-13)32-2)9-27-20-18-10-26-11-29(18)17-7-14(21(30)33-3)15(22(23,24)25)8-16(17)28-20/h4-8,10-11H,9H2,1-3H3,(H,27,28). The lowest BCUT2D eigenvalue weighted by Gasteiger charge is -2.16. The van der Waals surface area contributed by atoms with Gasteiger partial charge in [-0.15, -0.1) is 0 Å². The molecule has 0 unspecified atom stereocenters. The third-order valence-electron chi connectivity index (χ3n) is 5.14. The number of ether oxygens (including phenoxy) is 3.